The number of fused-ring (bicyclic) bond motifs is 2. The van der Waals surface area contributed by atoms with Gasteiger partial charge in [0.2, 0.25) is 6.79 Å². The summed E-state index contributed by atoms with van der Waals surface area (Å²) >= 11 is 0. The van der Waals surface area contributed by atoms with Crippen LogP contribution in [-0.2, 0) is 0 Å². The van der Waals surface area contributed by atoms with Crippen molar-refractivity contribution >= 4 is 22.5 Å². The molecule has 5 heteroatoms. The van der Waals surface area contributed by atoms with Crippen LogP contribution in [0.15, 0.2) is 48.7 Å². The minimum Gasteiger partial charge on any atom is -0.454 e. The zero-order valence-corrected chi connectivity index (χ0v) is 11.1. The first-order valence-corrected chi connectivity index (χ1v) is 6.58. The molecule has 0 fully saturated rings. The van der Waals surface area contributed by atoms with Crippen molar-refractivity contribution in [3.63, 3.8) is 0 Å². The second kappa shape index (κ2) is 4.56. The Labute approximate surface area is 120 Å². The molecule has 1 aromatic heterocycles. The molecule has 1 aliphatic heterocycles. The summed E-state index contributed by atoms with van der Waals surface area (Å²) in [4.78, 5) is 15.5. The number of nitrogens with one attached hydrogen (secondary N) is 2. The Hall–Kier alpha value is -2.95. The molecule has 0 spiro atoms. The van der Waals surface area contributed by atoms with E-state index >= 15 is 0 Å². The van der Waals surface area contributed by atoms with Crippen LogP contribution < -0.4 is 14.8 Å². The highest BCUT2D eigenvalue weighted by Gasteiger charge is 2.15. The summed E-state index contributed by atoms with van der Waals surface area (Å²) in [5.41, 5.74) is 2.25. The summed E-state index contributed by atoms with van der Waals surface area (Å²) in [7, 11) is 0. The first-order chi connectivity index (χ1) is 10.3. The maximum atomic E-state index is 12.4. The Bertz CT molecular complexity index is 838. The molecule has 2 N–H and O–H groups in total. The number of H-pyrrole nitrogens is 1. The quantitative estimate of drug-likeness (QED) is 0.758. The molecule has 1 aliphatic rings. The monoisotopic (exact) mass is 280 g/mol. The van der Waals surface area contributed by atoms with E-state index in [1.54, 1.807) is 24.3 Å². The van der Waals surface area contributed by atoms with Crippen LogP contribution in [0.1, 0.15) is 10.4 Å². The van der Waals surface area contributed by atoms with Crippen LogP contribution in [0.5, 0.6) is 11.5 Å². The molecule has 0 bridgehead atoms. The molecule has 0 atom stereocenters. The highest BCUT2D eigenvalue weighted by Crippen LogP contribution is 2.34. The minimum absolute atomic E-state index is 0.154. The van der Waals surface area contributed by atoms with Crippen molar-refractivity contribution < 1.29 is 14.3 Å². The normalized spacial score (nSPS) is 12.6. The third kappa shape index (κ3) is 1.99. The summed E-state index contributed by atoms with van der Waals surface area (Å²) in [5, 5.41) is 3.78. The maximum Gasteiger partial charge on any atom is 0.256 e. The lowest BCUT2D eigenvalue weighted by atomic mass is 10.1. The number of hydrogen-bond donors (Lipinski definition) is 2. The number of aromatic amines is 1. The van der Waals surface area contributed by atoms with Gasteiger partial charge < -0.3 is 19.8 Å². The summed E-state index contributed by atoms with van der Waals surface area (Å²) in [5.74, 6) is 1.19. The first kappa shape index (κ1) is 11.8. The molecule has 4 rings (SSSR count). The molecule has 0 radical (unpaired) electrons. The number of amides is 1. The lowest BCUT2D eigenvalue weighted by Crippen LogP contribution is -2.12. The predicted octanol–water partition coefficient (Wildman–Crippen LogP) is 3.15. The molecule has 21 heavy (non-hydrogen) atoms. The SMILES string of the molecule is O=C(Nc1ccc2c(c1)OCO2)c1cccc2[nH]ccc12. The van der Waals surface area contributed by atoms with Crippen LogP contribution in [0.4, 0.5) is 5.69 Å². The van der Waals surface area contributed by atoms with E-state index in [9.17, 15) is 4.79 Å². The van der Waals surface area contributed by atoms with E-state index in [-0.39, 0.29) is 12.7 Å². The molecule has 0 saturated carbocycles. The number of carbonyl (C=O) groups excluding carboxylic acids is 1. The topological polar surface area (TPSA) is 63.4 Å². The molecule has 104 valence electrons. The molecule has 0 aliphatic carbocycles. The van der Waals surface area contributed by atoms with E-state index in [1.165, 1.54) is 0 Å². The van der Waals surface area contributed by atoms with Crippen molar-refractivity contribution in [2.45, 2.75) is 0 Å². The van der Waals surface area contributed by atoms with Gasteiger partial charge in [0.05, 0.1) is 0 Å². The average molecular weight is 280 g/mol. The second-order valence-corrected chi connectivity index (χ2v) is 4.77. The zero-order chi connectivity index (χ0) is 14.2. The summed E-state index contributed by atoms with van der Waals surface area (Å²) in [6, 6.07) is 12.8. The zero-order valence-electron chi connectivity index (χ0n) is 11.1. The fourth-order valence-corrected chi connectivity index (χ4v) is 2.46. The van der Waals surface area contributed by atoms with Crippen molar-refractivity contribution in [1.82, 2.24) is 4.98 Å². The van der Waals surface area contributed by atoms with Gasteiger partial charge in [0.1, 0.15) is 0 Å². The summed E-state index contributed by atoms with van der Waals surface area (Å²) in [6.45, 7) is 0.218. The van der Waals surface area contributed by atoms with E-state index < -0.39 is 0 Å². The fraction of sp³-hybridized carbons (Fsp3) is 0.0625. The summed E-state index contributed by atoms with van der Waals surface area (Å²) in [6.07, 6.45) is 1.82. The van der Waals surface area contributed by atoms with Crippen LogP contribution in [0.3, 0.4) is 0 Å². The summed E-state index contributed by atoms with van der Waals surface area (Å²) < 4.78 is 10.6. The number of ether oxygens (including phenoxy) is 2. The van der Waals surface area contributed by atoms with Crippen LogP contribution in [0, 0.1) is 0 Å². The van der Waals surface area contributed by atoms with Crippen LogP contribution >= 0.6 is 0 Å². The van der Waals surface area contributed by atoms with Gasteiger partial charge in [-0.05, 0) is 30.3 Å². The van der Waals surface area contributed by atoms with E-state index in [2.05, 4.69) is 10.3 Å². The highest BCUT2D eigenvalue weighted by atomic mass is 16.7. The van der Waals surface area contributed by atoms with Crippen LogP contribution in [0.2, 0.25) is 0 Å². The van der Waals surface area contributed by atoms with Gasteiger partial charge in [-0.1, -0.05) is 6.07 Å². The third-order valence-electron chi connectivity index (χ3n) is 3.47. The van der Waals surface area contributed by atoms with Gasteiger partial charge in [0, 0.05) is 34.4 Å². The van der Waals surface area contributed by atoms with Gasteiger partial charge in [-0.3, -0.25) is 4.79 Å². The van der Waals surface area contributed by atoms with E-state index in [1.807, 2.05) is 24.4 Å². The second-order valence-electron chi connectivity index (χ2n) is 4.77. The van der Waals surface area contributed by atoms with Gasteiger partial charge in [0.25, 0.3) is 5.91 Å². The Morgan fingerprint density at radius 3 is 2.95 bits per heavy atom. The molecule has 0 unspecified atom stereocenters. The third-order valence-corrected chi connectivity index (χ3v) is 3.47. The van der Waals surface area contributed by atoms with Crippen molar-refractivity contribution in [3.05, 3.63) is 54.2 Å². The van der Waals surface area contributed by atoms with Crippen molar-refractivity contribution in [2.24, 2.45) is 0 Å². The Morgan fingerprint density at radius 2 is 2.00 bits per heavy atom. The molecule has 2 heterocycles. The van der Waals surface area contributed by atoms with Crippen molar-refractivity contribution in [1.29, 1.82) is 0 Å². The Kier molecular flexibility index (Phi) is 2.57. The molecular weight excluding hydrogens is 268 g/mol. The van der Waals surface area contributed by atoms with Gasteiger partial charge in [-0.25, -0.2) is 0 Å². The van der Waals surface area contributed by atoms with Gasteiger partial charge in [0.15, 0.2) is 11.5 Å². The lowest BCUT2D eigenvalue weighted by molar-refractivity contribution is 0.102. The Balaban J connectivity index is 1.65. The van der Waals surface area contributed by atoms with Crippen molar-refractivity contribution in [2.75, 3.05) is 12.1 Å². The number of carbonyl (C=O) groups is 1. The average Bonchev–Trinajstić information content (AvgIpc) is 3.14. The highest BCUT2D eigenvalue weighted by molar-refractivity contribution is 6.12. The number of aromatic nitrogens is 1. The van der Waals surface area contributed by atoms with Gasteiger partial charge >= 0.3 is 0 Å². The van der Waals surface area contributed by atoms with Gasteiger partial charge in [-0.2, -0.15) is 0 Å². The molecule has 0 saturated heterocycles. The lowest BCUT2D eigenvalue weighted by Gasteiger charge is -2.07. The standard InChI is InChI=1S/C16H12N2O3/c19-16(12-2-1-3-13-11(12)6-7-17-13)18-10-4-5-14-15(8-10)21-9-20-14/h1-8,17H,9H2,(H,18,19). The fourth-order valence-electron chi connectivity index (χ4n) is 2.46. The van der Waals surface area contributed by atoms with Gasteiger partial charge in [-0.15, -0.1) is 0 Å². The van der Waals surface area contributed by atoms with E-state index in [4.69, 9.17) is 9.47 Å². The molecule has 3 aromatic rings. The number of rotatable bonds is 2. The molecule has 1 amide bonds. The van der Waals surface area contributed by atoms with E-state index in [0.29, 0.717) is 22.7 Å². The van der Waals surface area contributed by atoms with E-state index in [0.717, 1.165) is 10.9 Å². The molecule has 2 aromatic carbocycles. The predicted molar refractivity (Wildman–Crippen MR) is 78.8 cm³/mol. The first-order valence-electron chi connectivity index (χ1n) is 6.58. The number of hydrogen-bond acceptors (Lipinski definition) is 3. The largest absolute Gasteiger partial charge is 0.454 e. The smallest absolute Gasteiger partial charge is 0.256 e. The number of benzene rings is 2. The Morgan fingerprint density at radius 1 is 1.10 bits per heavy atom. The van der Waals surface area contributed by atoms with Crippen LogP contribution in [-0.4, -0.2) is 17.7 Å². The van der Waals surface area contributed by atoms with Crippen molar-refractivity contribution in [3.8, 4) is 11.5 Å². The maximum absolute atomic E-state index is 12.4. The van der Waals surface area contributed by atoms with Crippen LogP contribution in [0.25, 0.3) is 10.9 Å². The molecule has 5 nitrogen and oxygen atoms in total. The minimum atomic E-state index is -0.154. The number of anilines is 1. The molecular formula is C16H12N2O3.